The topological polar surface area (TPSA) is 212 Å². The minimum absolute atomic E-state index is 0.157. The van der Waals surface area contributed by atoms with Gasteiger partial charge in [-0.3, -0.25) is 0 Å². The highest BCUT2D eigenvalue weighted by Crippen LogP contribution is 2.40. The molecule has 2 fully saturated rings. The van der Waals surface area contributed by atoms with Crippen molar-refractivity contribution in [3.8, 4) is 0 Å². The van der Waals surface area contributed by atoms with Crippen LogP contribution in [0.2, 0.25) is 0 Å². The second kappa shape index (κ2) is 19.0. The number of primary sulfonamides is 1. The van der Waals surface area contributed by atoms with Gasteiger partial charge in [0, 0.05) is 45.1 Å². The van der Waals surface area contributed by atoms with Crippen molar-refractivity contribution in [1.82, 2.24) is 14.5 Å². The van der Waals surface area contributed by atoms with E-state index >= 15 is 0 Å². The Kier molecular flexibility index (Phi) is 14.4. The molecule has 6 N–H and O–H groups in total. The number of carbonyl (C=O) groups excluding carboxylic acids is 2. The Bertz CT molecular complexity index is 1940. The summed E-state index contributed by atoms with van der Waals surface area (Å²) in [5.74, 6) is 0. The molecule has 0 unspecified atom stereocenters. The van der Waals surface area contributed by atoms with E-state index in [1.807, 2.05) is 9.80 Å². The summed E-state index contributed by atoms with van der Waals surface area (Å²) in [6.07, 6.45) is 18.0. The van der Waals surface area contributed by atoms with Crippen LogP contribution in [0.3, 0.4) is 0 Å². The van der Waals surface area contributed by atoms with E-state index in [0.29, 0.717) is 26.2 Å². The predicted octanol–water partition coefficient (Wildman–Crippen LogP) is 2.93. The molecule has 0 saturated carbocycles. The molecular formula is C40H58N6O8S2. The average Bonchev–Trinajstić information content (AvgIpc) is 3.94. The van der Waals surface area contributed by atoms with Crippen molar-refractivity contribution < 1.29 is 36.6 Å². The van der Waals surface area contributed by atoms with Gasteiger partial charge in [0.1, 0.15) is 10.5 Å². The third-order valence-electron chi connectivity index (χ3n) is 12.1. The molecule has 2 aliphatic heterocycles. The fourth-order valence-corrected chi connectivity index (χ4v) is 11.1. The number of hydrogen-bond acceptors (Lipinski definition) is 11. The Morgan fingerprint density at radius 2 is 1.12 bits per heavy atom. The summed E-state index contributed by atoms with van der Waals surface area (Å²) < 4.78 is 48.9. The molecule has 56 heavy (non-hydrogen) atoms. The van der Waals surface area contributed by atoms with E-state index in [1.54, 1.807) is 6.08 Å². The summed E-state index contributed by atoms with van der Waals surface area (Å²) in [7, 11) is -7.01. The van der Waals surface area contributed by atoms with Crippen LogP contribution in [0.5, 0.6) is 0 Å². The van der Waals surface area contributed by atoms with Crippen molar-refractivity contribution in [2.24, 2.45) is 10.1 Å². The number of unbranched alkanes of at least 4 members (excludes halogenated alkanes) is 2. The monoisotopic (exact) mass is 814 g/mol. The second-order valence-corrected chi connectivity index (χ2v) is 19.8. The lowest BCUT2D eigenvalue weighted by atomic mass is 9.99. The Hall–Kier alpha value is -3.21. The number of sulfonamides is 2. The molecule has 2 heterocycles. The molecule has 14 nitrogen and oxygen atoms in total. The van der Waals surface area contributed by atoms with Gasteiger partial charge in [0.2, 0.25) is 26.1 Å². The summed E-state index contributed by atoms with van der Waals surface area (Å²) in [5.41, 5.74) is 12.3. The molecule has 0 radical (unpaired) electrons. The zero-order valence-corrected chi connectivity index (χ0v) is 34.0. The first-order valence-corrected chi connectivity index (χ1v) is 23.5. The minimum Gasteiger partial charge on any atom is -0.396 e. The number of urea groups is 1. The fraction of sp³-hybridized carbons (Fsp3) is 0.650. The molecule has 0 atom stereocenters. The van der Waals surface area contributed by atoms with Gasteiger partial charge in [-0.1, -0.05) is 12.1 Å². The molecule has 8 rings (SSSR count). The van der Waals surface area contributed by atoms with Crippen LogP contribution in [0.15, 0.2) is 17.1 Å². The number of aryl methyl sites for hydroxylation is 4. The van der Waals surface area contributed by atoms with Crippen molar-refractivity contribution in [3.05, 3.63) is 56.6 Å². The zero-order valence-electron chi connectivity index (χ0n) is 32.4. The lowest BCUT2D eigenvalue weighted by Crippen LogP contribution is -2.58. The van der Waals surface area contributed by atoms with Gasteiger partial charge in [-0.25, -0.2) is 36.3 Å². The van der Waals surface area contributed by atoms with E-state index in [4.69, 9.17) is 15.4 Å². The van der Waals surface area contributed by atoms with E-state index in [2.05, 4.69) is 27.2 Å². The van der Waals surface area contributed by atoms with Crippen LogP contribution in [0.25, 0.3) is 0 Å². The molecule has 2 saturated heterocycles. The van der Waals surface area contributed by atoms with E-state index in [-0.39, 0.29) is 18.5 Å². The number of anilines is 1. The number of carbonyl (C=O) groups is 1. The number of aliphatic hydroxyl groups excluding tert-OH is 2. The van der Waals surface area contributed by atoms with Gasteiger partial charge in [-0.2, -0.15) is 4.99 Å². The third-order valence-corrected chi connectivity index (χ3v) is 14.9. The van der Waals surface area contributed by atoms with Gasteiger partial charge in [0.05, 0.1) is 5.69 Å². The van der Waals surface area contributed by atoms with Crippen molar-refractivity contribution in [2.75, 3.05) is 57.8 Å². The Labute approximate surface area is 331 Å². The molecule has 2 amide bonds. The van der Waals surface area contributed by atoms with Crippen molar-refractivity contribution in [2.45, 2.75) is 113 Å². The van der Waals surface area contributed by atoms with Gasteiger partial charge < -0.3 is 25.3 Å². The Morgan fingerprint density at radius 1 is 0.696 bits per heavy atom. The lowest BCUT2D eigenvalue weighted by Gasteiger charge is -2.38. The van der Waals surface area contributed by atoms with Gasteiger partial charge in [-0.15, -0.1) is 0 Å². The maximum absolute atomic E-state index is 12.5. The molecule has 0 aromatic heterocycles. The van der Waals surface area contributed by atoms with E-state index in [0.717, 1.165) is 114 Å². The highest BCUT2D eigenvalue weighted by Gasteiger charge is 2.38. The molecule has 4 aliphatic carbocycles. The Balaban J connectivity index is 0.000000159. The molecule has 308 valence electrons. The molecule has 6 aliphatic rings. The second-order valence-electron chi connectivity index (χ2n) is 16.0. The first kappa shape index (κ1) is 42.4. The molecule has 2 aromatic carbocycles. The van der Waals surface area contributed by atoms with Gasteiger partial charge in [0.25, 0.3) is 0 Å². The lowest BCUT2D eigenvalue weighted by molar-refractivity contribution is 0.174. The van der Waals surface area contributed by atoms with Crippen LogP contribution in [-0.4, -0.2) is 112 Å². The van der Waals surface area contributed by atoms with E-state index in [1.165, 1.54) is 57.3 Å². The van der Waals surface area contributed by atoms with Crippen LogP contribution in [-0.2, 0) is 76.2 Å². The number of rotatable bonds is 13. The number of nitrogens with zero attached hydrogens (tertiary/aromatic N) is 3. The van der Waals surface area contributed by atoms with Gasteiger partial charge in [-0.05, 0) is 160 Å². The van der Waals surface area contributed by atoms with Crippen LogP contribution in [0, 0.1) is 0 Å². The number of likely N-dealkylation sites (tertiary alicyclic amines) is 2. The number of hydrogen-bond donors (Lipinski definition) is 5. The molecule has 16 heteroatoms. The van der Waals surface area contributed by atoms with Crippen molar-refractivity contribution in [3.63, 3.8) is 0 Å². The maximum atomic E-state index is 12.5. The molecule has 0 bridgehead atoms. The summed E-state index contributed by atoms with van der Waals surface area (Å²) in [6.45, 7) is 3.95. The molecule has 2 aromatic rings. The van der Waals surface area contributed by atoms with Gasteiger partial charge >= 0.3 is 6.03 Å². The highest BCUT2D eigenvalue weighted by molar-refractivity contribution is 7.90. The third kappa shape index (κ3) is 10.3. The van der Waals surface area contributed by atoms with E-state index < -0.39 is 31.3 Å². The number of benzene rings is 2. The zero-order chi connectivity index (χ0) is 39.9. The molecule has 0 spiro atoms. The van der Waals surface area contributed by atoms with Crippen LogP contribution >= 0.6 is 0 Å². The van der Waals surface area contributed by atoms with Gasteiger partial charge in [0.15, 0.2) is 0 Å². The van der Waals surface area contributed by atoms with Crippen LogP contribution in [0.4, 0.5) is 16.2 Å². The SMILES string of the molecule is NS(=O)(=O)C1CN(CCCCO)C1.O=C(Nc1c2c(cc3c1CCC3)CCC2)NS(=O)(=O)C1CN(CCCCO)C1.O=C=Nc1c2c(cc3c1CCC3)CCC2. The average molecular weight is 815 g/mol. The first-order chi connectivity index (χ1) is 26.9. The number of nitrogens with two attached hydrogens (primary N) is 1. The summed E-state index contributed by atoms with van der Waals surface area (Å²) in [5, 5.41) is 24.3. The van der Waals surface area contributed by atoms with E-state index in [9.17, 15) is 26.4 Å². The van der Waals surface area contributed by atoms with Crippen molar-refractivity contribution >= 4 is 43.5 Å². The Morgan fingerprint density at radius 3 is 1.55 bits per heavy atom. The minimum atomic E-state index is -3.69. The number of aliphatic imine (C=N–C) groups is 1. The normalized spacial score (nSPS) is 18.8. The quantitative estimate of drug-likeness (QED) is 0.113. The largest absolute Gasteiger partial charge is 0.396 e. The summed E-state index contributed by atoms with van der Waals surface area (Å²) in [6, 6.07) is 3.98. The number of isocyanates is 1. The summed E-state index contributed by atoms with van der Waals surface area (Å²) in [4.78, 5) is 31.0. The highest BCUT2D eigenvalue weighted by atomic mass is 32.2. The number of fused-ring (bicyclic) bond motifs is 4. The fourth-order valence-electron chi connectivity index (χ4n) is 8.99. The molecular weight excluding hydrogens is 757 g/mol. The van der Waals surface area contributed by atoms with Crippen molar-refractivity contribution in [1.29, 1.82) is 0 Å². The predicted molar refractivity (Wildman–Crippen MR) is 216 cm³/mol. The number of amides is 2. The van der Waals surface area contributed by atoms with Crippen LogP contribution < -0.4 is 15.2 Å². The smallest absolute Gasteiger partial charge is 0.332 e. The standard InChI is InChI=1S/C20H29N3O4S.C13H13NO.C7H16N2O3S/c24-10-2-1-9-23-12-16(13-23)28(26,27)22-20(25)21-19-17-7-3-5-14(17)11-15-6-4-8-18(15)19;15-8-14-13-11-5-1-3-9(11)7-10-4-2-6-12(10)13;8-13(11,12)7-5-9(6-7)3-1-2-4-10/h11,16,24H,1-10,12-13H2,(H2,21,22,25);7H,1-6H2;7,10H,1-6H2,(H2,8,11,12). The van der Waals surface area contributed by atoms with Crippen LogP contribution in [0.1, 0.15) is 95.9 Å². The number of aliphatic hydroxyl groups is 2. The maximum Gasteiger partial charge on any atom is 0.332 e. The first-order valence-electron chi connectivity index (χ1n) is 20.3. The summed E-state index contributed by atoms with van der Waals surface area (Å²) >= 11 is 0. The number of nitrogens with one attached hydrogen (secondary N) is 2.